The van der Waals surface area contributed by atoms with Crippen LogP contribution in [-0.4, -0.2) is 48.4 Å². The second kappa shape index (κ2) is 9.75. The van der Waals surface area contributed by atoms with Crippen molar-refractivity contribution in [2.24, 2.45) is 11.7 Å². The highest BCUT2D eigenvalue weighted by Crippen LogP contribution is 2.18. The van der Waals surface area contributed by atoms with Crippen LogP contribution in [0.3, 0.4) is 0 Å². The third kappa shape index (κ3) is 5.86. The molecule has 1 aromatic rings. The molecule has 0 aliphatic carbocycles. The van der Waals surface area contributed by atoms with Gasteiger partial charge in [0.1, 0.15) is 0 Å². The summed E-state index contributed by atoms with van der Waals surface area (Å²) in [5.74, 6) is 6.53. The topological polar surface area (TPSA) is 49.6 Å². The van der Waals surface area contributed by atoms with E-state index in [2.05, 4.69) is 45.9 Å². The number of piperidine rings is 2. The van der Waals surface area contributed by atoms with Gasteiger partial charge in [0.15, 0.2) is 0 Å². The predicted molar refractivity (Wildman–Crippen MR) is 105 cm³/mol. The molecule has 1 aromatic carbocycles. The van der Waals surface area contributed by atoms with Gasteiger partial charge < -0.3 is 10.6 Å². The number of carbonyl (C=O) groups excluding carboxylic acids is 1. The lowest BCUT2D eigenvalue weighted by Crippen LogP contribution is -2.38. The monoisotopic (exact) mass is 353 g/mol. The maximum Gasteiger partial charge on any atom is 0.220 e. The molecular weight excluding hydrogens is 322 g/mol. The molecule has 2 N–H and O–H groups in total. The Balaban J connectivity index is 1.41. The van der Waals surface area contributed by atoms with Crippen LogP contribution in [0.1, 0.15) is 49.7 Å². The van der Waals surface area contributed by atoms with Crippen LogP contribution in [-0.2, 0) is 11.3 Å². The Morgan fingerprint density at radius 3 is 2.35 bits per heavy atom. The Labute approximate surface area is 157 Å². The lowest BCUT2D eigenvalue weighted by Gasteiger charge is -2.30. The highest BCUT2D eigenvalue weighted by Gasteiger charge is 2.22. The zero-order valence-electron chi connectivity index (χ0n) is 15.8. The van der Waals surface area contributed by atoms with Crippen LogP contribution < -0.4 is 5.73 Å². The Morgan fingerprint density at radius 2 is 1.69 bits per heavy atom. The lowest BCUT2D eigenvalue weighted by atomic mass is 9.96. The first-order valence-corrected chi connectivity index (χ1v) is 10.0. The van der Waals surface area contributed by atoms with Gasteiger partial charge in [-0.05, 0) is 69.6 Å². The van der Waals surface area contributed by atoms with Gasteiger partial charge in [-0.2, -0.15) is 0 Å². The van der Waals surface area contributed by atoms with Crippen molar-refractivity contribution in [2.45, 2.75) is 45.1 Å². The van der Waals surface area contributed by atoms with Crippen LogP contribution in [0.2, 0.25) is 0 Å². The van der Waals surface area contributed by atoms with Gasteiger partial charge in [0.25, 0.3) is 0 Å². The van der Waals surface area contributed by atoms with E-state index >= 15 is 0 Å². The number of likely N-dealkylation sites (tertiary alicyclic amines) is 2. The molecule has 2 heterocycles. The molecule has 2 aliphatic heterocycles. The molecule has 1 amide bonds. The number of amides is 1. The summed E-state index contributed by atoms with van der Waals surface area (Å²) >= 11 is 0. The molecule has 26 heavy (non-hydrogen) atoms. The summed E-state index contributed by atoms with van der Waals surface area (Å²) in [7, 11) is 0. The first-order chi connectivity index (χ1) is 12.7. The van der Waals surface area contributed by atoms with Gasteiger partial charge in [0.2, 0.25) is 5.91 Å². The number of hydrogen-bond acceptors (Lipinski definition) is 3. The van der Waals surface area contributed by atoms with Crippen molar-refractivity contribution in [2.75, 3.05) is 32.7 Å². The molecule has 2 aliphatic rings. The predicted octanol–water partition coefficient (Wildman–Crippen LogP) is 2.61. The average Bonchev–Trinajstić information content (AvgIpc) is 2.68. The molecule has 4 heteroatoms. The summed E-state index contributed by atoms with van der Waals surface area (Å²) in [5, 5.41) is 0. The van der Waals surface area contributed by atoms with Gasteiger partial charge >= 0.3 is 0 Å². The van der Waals surface area contributed by atoms with Crippen LogP contribution >= 0.6 is 0 Å². The molecule has 0 atom stereocenters. The normalized spacial score (nSPS) is 19.7. The second-order valence-corrected chi connectivity index (χ2v) is 7.60. The summed E-state index contributed by atoms with van der Waals surface area (Å²) in [6.45, 7) is 6.43. The van der Waals surface area contributed by atoms with Crippen molar-refractivity contribution in [3.05, 3.63) is 35.4 Å². The van der Waals surface area contributed by atoms with Crippen LogP contribution in [0.5, 0.6) is 0 Å². The Bertz CT molecular complexity index is 630. The van der Waals surface area contributed by atoms with E-state index in [-0.39, 0.29) is 11.8 Å². The van der Waals surface area contributed by atoms with E-state index in [0.29, 0.717) is 0 Å². The summed E-state index contributed by atoms with van der Waals surface area (Å²) < 4.78 is 0. The second-order valence-electron chi connectivity index (χ2n) is 7.60. The van der Waals surface area contributed by atoms with E-state index in [1.807, 2.05) is 0 Å². The molecule has 2 fully saturated rings. The molecule has 0 saturated carbocycles. The third-order valence-corrected chi connectivity index (χ3v) is 5.58. The minimum atomic E-state index is -0.145. The maximum absolute atomic E-state index is 11.2. The van der Waals surface area contributed by atoms with Crippen molar-refractivity contribution in [1.29, 1.82) is 0 Å². The van der Waals surface area contributed by atoms with E-state index in [4.69, 9.17) is 5.73 Å². The van der Waals surface area contributed by atoms with Gasteiger partial charge in [0.05, 0.1) is 0 Å². The number of benzene rings is 1. The zero-order chi connectivity index (χ0) is 18.2. The first-order valence-electron chi connectivity index (χ1n) is 10.0. The van der Waals surface area contributed by atoms with Gasteiger partial charge in [-0.25, -0.2) is 0 Å². The summed E-state index contributed by atoms with van der Waals surface area (Å²) in [5.41, 5.74) is 7.81. The molecule has 0 aromatic heterocycles. The third-order valence-electron chi connectivity index (χ3n) is 5.58. The number of rotatable bonds is 5. The van der Waals surface area contributed by atoms with Crippen LogP contribution in [0.25, 0.3) is 0 Å². The number of nitrogens with zero attached hydrogens (tertiary/aromatic N) is 2. The Hall–Kier alpha value is -1.83. The maximum atomic E-state index is 11.2. The van der Waals surface area contributed by atoms with Gasteiger partial charge in [-0.1, -0.05) is 30.4 Å². The smallest absolute Gasteiger partial charge is 0.220 e. The molecule has 140 valence electrons. The van der Waals surface area contributed by atoms with E-state index in [1.54, 1.807) is 0 Å². The molecule has 0 radical (unpaired) electrons. The average molecular weight is 354 g/mol. The molecular formula is C22H31N3O. The van der Waals surface area contributed by atoms with Crippen molar-refractivity contribution >= 4 is 5.91 Å². The lowest BCUT2D eigenvalue weighted by molar-refractivity contribution is -0.123. The number of hydrogen-bond donors (Lipinski definition) is 1. The minimum absolute atomic E-state index is 0.0637. The highest BCUT2D eigenvalue weighted by molar-refractivity contribution is 5.76. The zero-order valence-corrected chi connectivity index (χ0v) is 15.8. The van der Waals surface area contributed by atoms with Crippen molar-refractivity contribution in [3.63, 3.8) is 0 Å². The van der Waals surface area contributed by atoms with Gasteiger partial charge in [-0.15, -0.1) is 0 Å². The standard InChI is InChI=1S/C22H31N3O/c23-22(26)21-11-16-25(17-12-21)18-20-9-7-19(8-10-20)6-2-5-15-24-13-3-1-4-14-24/h7-10,21H,1,3-5,11-18H2,(H2,23,26). The molecule has 0 bridgehead atoms. The molecule has 0 unspecified atom stereocenters. The fraction of sp³-hybridized carbons (Fsp3) is 0.591. The van der Waals surface area contributed by atoms with E-state index < -0.39 is 0 Å². The number of carbonyl (C=O) groups is 1. The Kier molecular flexibility index (Phi) is 7.11. The van der Waals surface area contributed by atoms with E-state index in [0.717, 1.165) is 51.0 Å². The fourth-order valence-electron chi connectivity index (χ4n) is 3.89. The number of primary amides is 1. The van der Waals surface area contributed by atoms with Crippen LogP contribution in [0, 0.1) is 17.8 Å². The quantitative estimate of drug-likeness (QED) is 0.828. The summed E-state index contributed by atoms with van der Waals surface area (Å²) in [6, 6.07) is 8.60. The molecule has 4 nitrogen and oxygen atoms in total. The number of nitrogens with two attached hydrogens (primary N) is 1. The Morgan fingerprint density at radius 1 is 1.00 bits per heavy atom. The SMILES string of the molecule is NC(=O)C1CCN(Cc2ccc(C#CCCN3CCCCC3)cc2)CC1. The first kappa shape index (κ1) is 18.9. The minimum Gasteiger partial charge on any atom is -0.369 e. The molecule has 3 rings (SSSR count). The van der Waals surface area contributed by atoms with E-state index in [1.165, 1.54) is 37.9 Å². The van der Waals surface area contributed by atoms with Gasteiger partial charge in [0, 0.05) is 31.0 Å². The van der Waals surface area contributed by atoms with Crippen molar-refractivity contribution in [3.8, 4) is 11.8 Å². The van der Waals surface area contributed by atoms with Gasteiger partial charge in [-0.3, -0.25) is 9.69 Å². The molecule has 2 saturated heterocycles. The summed E-state index contributed by atoms with van der Waals surface area (Å²) in [4.78, 5) is 16.2. The fourth-order valence-corrected chi connectivity index (χ4v) is 3.89. The molecule has 0 spiro atoms. The van der Waals surface area contributed by atoms with E-state index in [9.17, 15) is 4.79 Å². The van der Waals surface area contributed by atoms with Crippen LogP contribution in [0.15, 0.2) is 24.3 Å². The van der Waals surface area contributed by atoms with Crippen molar-refractivity contribution in [1.82, 2.24) is 9.80 Å². The highest BCUT2D eigenvalue weighted by atomic mass is 16.1. The van der Waals surface area contributed by atoms with Crippen LogP contribution in [0.4, 0.5) is 0 Å². The summed E-state index contributed by atoms with van der Waals surface area (Å²) in [6.07, 6.45) is 6.80. The van der Waals surface area contributed by atoms with Crippen molar-refractivity contribution < 1.29 is 4.79 Å². The largest absolute Gasteiger partial charge is 0.369 e.